The Balaban J connectivity index is 2.36. The topological polar surface area (TPSA) is 81.2 Å². The van der Waals surface area contributed by atoms with Gasteiger partial charge in [0, 0.05) is 0 Å². The molecule has 1 aliphatic heterocycles. The molecule has 18 heavy (non-hydrogen) atoms. The van der Waals surface area contributed by atoms with Gasteiger partial charge in [0.05, 0.1) is 28.4 Å². The second kappa shape index (κ2) is 3.97. The molecule has 6 heteroatoms. The van der Waals surface area contributed by atoms with Crippen LogP contribution in [0.2, 0.25) is 0 Å². The molecule has 0 aliphatic carbocycles. The second-order valence-corrected chi connectivity index (χ2v) is 5.41. The van der Waals surface area contributed by atoms with E-state index in [-0.39, 0.29) is 0 Å². The molecule has 0 spiro atoms. The van der Waals surface area contributed by atoms with Gasteiger partial charge < -0.3 is 15.0 Å². The predicted molar refractivity (Wildman–Crippen MR) is 69.1 cm³/mol. The average molecular weight is 245 g/mol. The molecule has 0 saturated carbocycles. The summed E-state index contributed by atoms with van der Waals surface area (Å²) < 4.78 is 11.7. The summed E-state index contributed by atoms with van der Waals surface area (Å²) >= 11 is 0. The first kappa shape index (κ1) is 12.9. The Morgan fingerprint density at radius 3 is 2.28 bits per heavy atom. The second-order valence-electron chi connectivity index (χ2n) is 5.41. The van der Waals surface area contributed by atoms with Gasteiger partial charge in [-0.1, -0.05) is 0 Å². The zero-order valence-corrected chi connectivity index (χ0v) is 11.0. The Morgan fingerprint density at radius 2 is 1.78 bits per heavy atom. The van der Waals surface area contributed by atoms with Crippen LogP contribution in [0, 0.1) is 11.3 Å². The van der Waals surface area contributed by atoms with Crippen LogP contribution >= 0.6 is 0 Å². The molecule has 1 saturated heterocycles. The lowest BCUT2D eigenvalue weighted by Crippen LogP contribution is -2.41. The third-order valence-corrected chi connectivity index (χ3v) is 3.49. The third-order valence-electron chi connectivity index (χ3n) is 3.49. The Kier molecular flexibility index (Phi) is 2.84. The number of pyridine rings is 1. The number of hydrogen-bond donors (Lipinski definition) is 1. The summed E-state index contributed by atoms with van der Waals surface area (Å²) in [7, 11) is -0.592. The van der Waals surface area contributed by atoms with Gasteiger partial charge in [0.2, 0.25) is 0 Å². The monoisotopic (exact) mass is 245 g/mol. The van der Waals surface area contributed by atoms with Gasteiger partial charge in [-0.05, 0) is 39.8 Å². The van der Waals surface area contributed by atoms with Gasteiger partial charge in [-0.2, -0.15) is 5.26 Å². The summed E-state index contributed by atoms with van der Waals surface area (Å²) in [6.07, 6.45) is 0. The highest BCUT2D eigenvalue weighted by Crippen LogP contribution is 2.36. The lowest BCUT2D eigenvalue weighted by Gasteiger charge is -2.32. The van der Waals surface area contributed by atoms with Crippen LogP contribution in [0.15, 0.2) is 12.1 Å². The molecule has 2 N–H and O–H groups in total. The molecule has 0 atom stereocenters. The van der Waals surface area contributed by atoms with Crippen molar-refractivity contribution in [3.63, 3.8) is 0 Å². The molecule has 2 heterocycles. The van der Waals surface area contributed by atoms with Gasteiger partial charge in [-0.15, -0.1) is 0 Å². The summed E-state index contributed by atoms with van der Waals surface area (Å²) in [6, 6.07) is 5.20. The van der Waals surface area contributed by atoms with Crippen molar-refractivity contribution in [2.75, 3.05) is 5.73 Å². The Morgan fingerprint density at radius 1 is 1.22 bits per heavy atom. The number of nitrogens with zero attached hydrogens (tertiary/aromatic N) is 2. The zero-order chi connectivity index (χ0) is 13.6. The Bertz CT molecular complexity index is 507. The van der Waals surface area contributed by atoms with E-state index in [9.17, 15) is 0 Å². The van der Waals surface area contributed by atoms with Gasteiger partial charge in [-0.25, -0.2) is 4.98 Å². The first-order valence-electron chi connectivity index (χ1n) is 5.78. The number of nitrogens with two attached hydrogens (primary N) is 1. The summed E-state index contributed by atoms with van der Waals surface area (Å²) in [5, 5.41) is 8.92. The van der Waals surface area contributed by atoms with Crippen LogP contribution in [-0.2, 0) is 9.31 Å². The van der Waals surface area contributed by atoms with Crippen molar-refractivity contribution in [3.05, 3.63) is 17.7 Å². The van der Waals surface area contributed by atoms with Crippen LogP contribution in [0.3, 0.4) is 0 Å². The van der Waals surface area contributed by atoms with Crippen molar-refractivity contribution in [2.45, 2.75) is 38.9 Å². The van der Waals surface area contributed by atoms with E-state index in [0.717, 1.165) is 0 Å². The lowest BCUT2D eigenvalue weighted by atomic mass is 9.83. The highest BCUT2D eigenvalue weighted by molar-refractivity contribution is 6.61. The van der Waals surface area contributed by atoms with Gasteiger partial charge >= 0.3 is 7.12 Å². The van der Waals surface area contributed by atoms with Crippen molar-refractivity contribution < 1.29 is 9.31 Å². The van der Waals surface area contributed by atoms with E-state index in [1.807, 2.05) is 33.8 Å². The minimum absolute atomic E-state index is 0.291. The van der Waals surface area contributed by atoms with Gasteiger partial charge in [0.1, 0.15) is 5.82 Å². The first-order chi connectivity index (χ1) is 8.25. The molecule has 1 aliphatic rings. The summed E-state index contributed by atoms with van der Waals surface area (Å²) in [6.45, 7) is 7.85. The van der Waals surface area contributed by atoms with E-state index in [1.54, 1.807) is 6.07 Å². The molecule has 1 aromatic rings. The number of nitrogen functional groups attached to an aromatic ring is 1. The molecule has 94 valence electrons. The van der Waals surface area contributed by atoms with Crippen molar-refractivity contribution in [2.24, 2.45) is 0 Å². The van der Waals surface area contributed by atoms with Crippen LogP contribution in [-0.4, -0.2) is 23.3 Å². The van der Waals surface area contributed by atoms with E-state index in [4.69, 9.17) is 20.3 Å². The number of rotatable bonds is 1. The SMILES string of the molecule is CC1(C)OB(c2cc(C#N)cc(N)n2)OC1(C)C. The highest BCUT2D eigenvalue weighted by Gasteiger charge is 2.52. The van der Waals surface area contributed by atoms with E-state index < -0.39 is 18.3 Å². The Hall–Kier alpha value is -1.58. The fourth-order valence-electron chi connectivity index (χ4n) is 1.72. The molecular formula is C12H16BN3O2. The normalized spacial score (nSPS) is 20.7. The van der Waals surface area contributed by atoms with Gasteiger partial charge in [-0.3, -0.25) is 0 Å². The van der Waals surface area contributed by atoms with Crippen LogP contribution in [0.1, 0.15) is 33.3 Å². The zero-order valence-electron chi connectivity index (χ0n) is 11.0. The van der Waals surface area contributed by atoms with Crippen LogP contribution in [0.25, 0.3) is 0 Å². The Labute approximate surface area is 107 Å². The van der Waals surface area contributed by atoms with E-state index >= 15 is 0 Å². The minimum atomic E-state index is -0.592. The number of nitriles is 1. The fraction of sp³-hybridized carbons (Fsp3) is 0.500. The molecule has 0 unspecified atom stereocenters. The number of anilines is 1. The van der Waals surface area contributed by atoms with Crippen molar-refractivity contribution in [1.29, 1.82) is 5.26 Å². The summed E-state index contributed by atoms with van der Waals surface area (Å²) in [5.41, 5.74) is 5.78. The highest BCUT2D eigenvalue weighted by atomic mass is 16.7. The lowest BCUT2D eigenvalue weighted by molar-refractivity contribution is 0.00578. The molecule has 2 rings (SSSR count). The summed E-state index contributed by atoms with van der Waals surface area (Å²) in [5.74, 6) is 0.291. The average Bonchev–Trinajstić information content (AvgIpc) is 2.47. The molecule has 0 radical (unpaired) electrons. The van der Waals surface area contributed by atoms with Crippen LogP contribution in [0.5, 0.6) is 0 Å². The van der Waals surface area contributed by atoms with Gasteiger partial charge in [0.25, 0.3) is 0 Å². The minimum Gasteiger partial charge on any atom is -0.398 e. The maximum absolute atomic E-state index is 8.92. The number of aromatic nitrogens is 1. The molecule has 0 aromatic carbocycles. The maximum atomic E-state index is 8.92. The summed E-state index contributed by atoms with van der Waals surface area (Å²) in [4.78, 5) is 4.17. The first-order valence-corrected chi connectivity index (χ1v) is 5.78. The standard InChI is InChI=1S/C12H16BN3O2/c1-11(2)12(3,4)18-13(17-11)9-5-8(7-14)6-10(15)16-9/h5-6H,1-4H3,(H2,15,16). The molecule has 1 fully saturated rings. The smallest absolute Gasteiger partial charge is 0.398 e. The fourth-order valence-corrected chi connectivity index (χ4v) is 1.72. The van der Waals surface area contributed by atoms with Gasteiger partial charge in [0.15, 0.2) is 0 Å². The maximum Gasteiger partial charge on any atom is 0.514 e. The molecule has 0 amide bonds. The molecule has 0 bridgehead atoms. The van der Waals surface area contributed by atoms with E-state index in [1.165, 1.54) is 6.07 Å². The largest absolute Gasteiger partial charge is 0.514 e. The van der Waals surface area contributed by atoms with E-state index in [0.29, 0.717) is 17.0 Å². The van der Waals surface area contributed by atoms with Crippen molar-refractivity contribution in [3.8, 4) is 6.07 Å². The van der Waals surface area contributed by atoms with E-state index in [2.05, 4.69) is 4.98 Å². The predicted octanol–water partition coefficient (Wildman–Crippen LogP) is 0.835. The molecule has 1 aromatic heterocycles. The number of hydrogen-bond acceptors (Lipinski definition) is 5. The van der Waals surface area contributed by atoms with Crippen molar-refractivity contribution in [1.82, 2.24) is 4.98 Å². The molecular weight excluding hydrogens is 229 g/mol. The van der Waals surface area contributed by atoms with Crippen LogP contribution < -0.4 is 11.3 Å². The van der Waals surface area contributed by atoms with Crippen molar-refractivity contribution >= 4 is 18.5 Å². The molecule has 5 nitrogen and oxygen atoms in total. The quantitative estimate of drug-likeness (QED) is 0.741. The van der Waals surface area contributed by atoms with Crippen LogP contribution in [0.4, 0.5) is 5.82 Å². The third kappa shape index (κ3) is 2.07.